The molecule has 1 atom stereocenters. The van der Waals surface area contributed by atoms with Crippen LogP contribution in [0.1, 0.15) is 29.0 Å². The van der Waals surface area contributed by atoms with Crippen LogP contribution in [0.2, 0.25) is 0 Å². The lowest BCUT2D eigenvalue weighted by atomic mass is 9.84. The van der Waals surface area contributed by atoms with Gasteiger partial charge in [0, 0.05) is 27.9 Å². The van der Waals surface area contributed by atoms with Gasteiger partial charge >= 0.3 is 0 Å². The Morgan fingerprint density at radius 1 is 1.00 bits per heavy atom. The molecule has 148 valence electrons. The summed E-state index contributed by atoms with van der Waals surface area (Å²) in [6, 6.07) is 26.5. The van der Waals surface area contributed by atoms with Crippen LogP contribution in [0.25, 0.3) is 16.9 Å². The van der Waals surface area contributed by atoms with Gasteiger partial charge in [0.15, 0.2) is 0 Å². The minimum Gasteiger partial charge on any atom is -0.310 e. The van der Waals surface area contributed by atoms with Crippen LogP contribution in [-0.4, -0.2) is 15.7 Å². The standard InChI is InChI=1S/C25H20BrN3O/c1-16-10-12-20(13-11-16)29-25-23(24(28-29)17-6-3-2-4-7-17)21(15-22(30)27-25)18-8-5-9-19(26)14-18/h2-14,21H,15H2,1H3,(H,27,30). The number of benzene rings is 3. The summed E-state index contributed by atoms with van der Waals surface area (Å²) < 4.78 is 2.86. The molecule has 0 aliphatic carbocycles. The maximum atomic E-state index is 12.7. The summed E-state index contributed by atoms with van der Waals surface area (Å²) in [5.41, 5.74) is 6.20. The quantitative estimate of drug-likeness (QED) is 0.404. The van der Waals surface area contributed by atoms with Gasteiger partial charge in [-0.1, -0.05) is 76.1 Å². The molecule has 1 amide bonds. The van der Waals surface area contributed by atoms with Crippen molar-refractivity contribution in [3.05, 3.63) is 100 Å². The van der Waals surface area contributed by atoms with Gasteiger partial charge in [-0.3, -0.25) is 4.79 Å². The van der Waals surface area contributed by atoms with Gasteiger partial charge in [0.2, 0.25) is 5.91 Å². The molecule has 0 radical (unpaired) electrons. The van der Waals surface area contributed by atoms with E-state index in [0.29, 0.717) is 6.42 Å². The smallest absolute Gasteiger partial charge is 0.226 e. The highest BCUT2D eigenvalue weighted by Gasteiger charge is 2.34. The summed E-state index contributed by atoms with van der Waals surface area (Å²) in [5, 5.41) is 8.08. The van der Waals surface area contributed by atoms with E-state index in [0.717, 1.165) is 38.4 Å². The Morgan fingerprint density at radius 3 is 2.50 bits per heavy atom. The number of fused-ring (bicyclic) bond motifs is 1. The summed E-state index contributed by atoms with van der Waals surface area (Å²) >= 11 is 3.57. The Kier molecular flexibility index (Phi) is 4.75. The number of amides is 1. The summed E-state index contributed by atoms with van der Waals surface area (Å²) in [7, 11) is 0. The van der Waals surface area contributed by atoms with E-state index >= 15 is 0 Å². The largest absolute Gasteiger partial charge is 0.310 e. The molecule has 1 unspecified atom stereocenters. The van der Waals surface area contributed by atoms with Gasteiger partial charge in [-0.15, -0.1) is 0 Å². The van der Waals surface area contributed by atoms with E-state index in [4.69, 9.17) is 5.10 Å². The SMILES string of the molecule is Cc1ccc(-n2nc(-c3ccccc3)c3c2NC(=O)CC3c2cccc(Br)c2)cc1. The zero-order valence-electron chi connectivity index (χ0n) is 16.5. The van der Waals surface area contributed by atoms with Crippen molar-refractivity contribution < 1.29 is 4.79 Å². The second-order valence-corrected chi connectivity index (χ2v) is 8.50. The van der Waals surface area contributed by atoms with Crippen molar-refractivity contribution in [2.45, 2.75) is 19.3 Å². The normalized spacial score (nSPS) is 15.5. The number of nitrogens with zero attached hydrogens (tertiary/aromatic N) is 2. The third-order valence-electron chi connectivity index (χ3n) is 5.49. The Morgan fingerprint density at radius 2 is 1.77 bits per heavy atom. The van der Waals surface area contributed by atoms with Crippen molar-refractivity contribution >= 4 is 27.7 Å². The first-order valence-corrected chi connectivity index (χ1v) is 10.7. The maximum Gasteiger partial charge on any atom is 0.226 e. The number of nitrogens with one attached hydrogen (secondary N) is 1. The van der Waals surface area contributed by atoms with Crippen LogP contribution < -0.4 is 5.32 Å². The molecule has 0 spiro atoms. The maximum absolute atomic E-state index is 12.7. The van der Waals surface area contributed by atoms with Crippen LogP contribution in [0.4, 0.5) is 5.82 Å². The lowest BCUT2D eigenvalue weighted by molar-refractivity contribution is -0.116. The Bertz CT molecular complexity index is 1230. The van der Waals surface area contributed by atoms with Crippen LogP contribution in [0.3, 0.4) is 0 Å². The van der Waals surface area contributed by atoms with Gasteiger partial charge in [-0.25, -0.2) is 4.68 Å². The second kappa shape index (κ2) is 7.58. The molecule has 30 heavy (non-hydrogen) atoms. The summed E-state index contributed by atoms with van der Waals surface area (Å²) in [6.07, 6.45) is 0.392. The summed E-state index contributed by atoms with van der Waals surface area (Å²) in [6.45, 7) is 2.06. The molecular weight excluding hydrogens is 438 g/mol. The molecule has 0 fully saturated rings. The predicted molar refractivity (Wildman–Crippen MR) is 123 cm³/mol. The first-order valence-electron chi connectivity index (χ1n) is 9.91. The third-order valence-corrected chi connectivity index (χ3v) is 5.99. The number of rotatable bonds is 3. The Hall–Kier alpha value is -3.18. The van der Waals surface area contributed by atoms with E-state index in [2.05, 4.69) is 64.6 Å². The van der Waals surface area contributed by atoms with Gasteiger partial charge in [-0.2, -0.15) is 5.10 Å². The van der Waals surface area contributed by atoms with Crippen LogP contribution in [0.15, 0.2) is 83.3 Å². The highest BCUT2D eigenvalue weighted by atomic mass is 79.9. The number of hydrogen-bond donors (Lipinski definition) is 1. The predicted octanol–water partition coefficient (Wildman–Crippen LogP) is 6.08. The summed E-state index contributed by atoms with van der Waals surface area (Å²) in [4.78, 5) is 12.7. The van der Waals surface area contributed by atoms with Gasteiger partial charge < -0.3 is 5.32 Å². The van der Waals surface area contributed by atoms with E-state index in [1.165, 1.54) is 5.56 Å². The number of anilines is 1. The first-order chi connectivity index (χ1) is 14.6. The second-order valence-electron chi connectivity index (χ2n) is 7.58. The highest BCUT2D eigenvalue weighted by Crippen LogP contribution is 2.44. The minimum absolute atomic E-state index is 0.000323. The fourth-order valence-corrected chi connectivity index (χ4v) is 4.46. The Labute approximate surface area is 183 Å². The third kappa shape index (κ3) is 3.35. The van der Waals surface area contributed by atoms with Crippen LogP contribution in [-0.2, 0) is 4.79 Å². The van der Waals surface area contributed by atoms with E-state index in [1.807, 2.05) is 47.1 Å². The number of carbonyl (C=O) groups excluding carboxylic acids is 1. The number of aryl methyl sites for hydroxylation is 1. The number of hydrogen-bond acceptors (Lipinski definition) is 2. The van der Waals surface area contributed by atoms with Gasteiger partial charge in [-0.05, 0) is 36.8 Å². The average molecular weight is 458 g/mol. The molecule has 0 bridgehead atoms. The van der Waals surface area contributed by atoms with Crippen molar-refractivity contribution in [1.82, 2.24) is 9.78 Å². The molecule has 0 saturated heterocycles. The average Bonchev–Trinajstić information content (AvgIpc) is 3.13. The highest BCUT2D eigenvalue weighted by molar-refractivity contribution is 9.10. The molecule has 1 aromatic heterocycles. The van der Waals surface area contributed by atoms with Gasteiger partial charge in [0.05, 0.1) is 11.4 Å². The van der Waals surface area contributed by atoms with Crippen LogP contribution in [0, 0.1) is 6.92 Å². The van der Waals surface area contributed by atoms with Gasteiger partial charge in [0.1, 0.15) is 5.82 Å². The van der Waals surface area contributed by atoms with Crippen molar-refractivity contribution in [2.24, 2.45) is 0 Å². The molecule has 1 aliphatic heterocycles. The van der Waals surface area contributed by atoms with Gasteiger partial charge in [0.25, 0.3) is 0 Å². The van der Waals surface area contributed by atoms with E-state index in [-0.39, 0.29) is 11.8 Å². The monoisotopic (exact) mass is 457 g/mol. The molecule has 2 heterocycles. The van der Waals surface area contributed by atoms with E-state index < -0.39 is 0 Å². The lowest BCUT2D eigenvalue weighted by Gasteiger charge is -2.25. The molecular formula is C25H20BrN3O. The molecule has 5 heteroatoms. The van der Waals surface area contributed by atoms with E-state index in [9.17, 15) is 4.79 Å². The van der Waals surface area contributed by atoms with Crippen molar-refractivity contribution in [2.75, 3.05) is 5.32 Å². The minimum atomic E-state index is -0.0688. The molecule has 3 aromatic carbocycles. The summed E-state index contributed by atoms with van der Waals surface area (Å²) in [5.74, 6) is 0.680. The molecule has 1 aliphatic rings. The fourth-order valence-electron chi connectivity index (χ4n) is 4.04. The molecule has 5 rings (SSSR count). The number of aromatic nitrogens is 2. The molecule has 4 nitrogen and oxygen atoms in total. The molecule has 0 saturated carbocycles. The lowest BCUT2D eigenvalue weighted by Crippen LogP contribution is -2.24. The van der Waals surface area contributed by atoms with Crippen LogP contribution in [0.5, 0.6) is 0 Å². The number of halogens is 1. The topological polar surface area (TPSA) is 46.9 Å². The Balaban J connectivity index is 1.77. The van der Waals surface area contributed by atoms with Crippen LogP contribution >= 0.6 is 15.9 Å². The first kappa shape index (κ1) is 18.8. The van der Waals surface area contributed by atoms with Crippen molar-refractivity contribution in [3.63, 3.8) is 0 Å². The zero-order chi connectivity index (χ0) is 20.7. The fraction of sp³-hybridized carbons (Fsp3) is 0.120. The number of carbonyl (C=O) groups is 1. The zero-order valence-corrected chi connectivity index (χ0v) is 18.1. The van der Waals surface area contributed by atoms with E-state index in [1.54, 1.807) is 0 Å². The molecule has 4 aromatic rings. The molecule has 1 N–H and O–H groups in total. The van der Waals surface area contributed by atoms with Crippen molar-refractivity contribution in [3.8, 4) is 16.9 Å². The van der Waals surface area contributed by atoms with Crippen molar-refractivity contribution in [1.29, 1.82) is 0 Å².